The van der Waals surface area contributed by atoms with Crippen molar-refractivity contribution in [2.45, 2.75) is 38.7 Å². The normalized spacial score (nSPS) is 17.3. The molecule has 0 atom stereocenters. The van der Waals surface area contributed by atoms with Crippen LogP contribution in [0.15, 0.2) is 18.2 Å². The molecule has 2 heterocycles. The predicted molar refractivity (Wildman–Crippen MR) is 91.2 cm³/mol. The number of hydrogen-bond acceptors (Lipinski definition) is 3. The van der Waals surface area contributed by atoms with Crippen molar-refractivity contribution in [3.8, 4) is 5.69 Å². The summed E-state index contributed by atoms with van der Waals surface area (Å²) in [5, 5.41) is 14.4. The Kier molecular flexibility index (Phi) is 3.87. The van der Waals surface area contributed by atoms with E-state index in [0.29, 0.717) is 31.6 Å². The van der Waals surface area contributed by atoms with Crippen LogP contribution in [0.1, 0.15) is 42.0 Å². The molecular formula is C19H21F2N3O2. The van der Waals surface area contributed by atoms with E-state index >= 15 is 0 Å². The van der Waals surface area contributed by atoms with Crippen LogP contribution in [0.5, 0.6) is 0 Å². The first-order chi connectivity index (χ1) is 12.3. The van der Waals surface area contributed by atoms with Crippen LogP contribution in [0.4, 0.5) is 8.78 Å². The van der Waals surface area contributed by atoms with Gasteiger partial charge < -0.3 is 10.0 Å². The van der Waals surface area contributed by atoms with E-state index in [9.17, 15) is 18.7 Å². The molecule has 1 aromatic heterocycles. The lowest BCUT2D eigenvalue weighted by Crippen LogP contribution is -2.57. The second kappa shape index (κ2) is 5.87. The average molecular weight is 361 g/mol. The van der Waals surface area contributed by atoms with Gasteiger partial charge in [0.25, 0.3) is 5.91 Å². The third-order valence-corrected chi connectivity index (χ3v) is 5.46. The van der Waals surface area contributed by atoms with Gasteiger partial charge in [-0.05, 0) is 45.2 Å². The zero-order valence-electron chi connectivity index (χ0n) is 14.8. The third-order valence-electron chi connectivity index (χ3n) is 5.46. The van der Waals surface area contributed by atoms with Gasteiger partial charge in [-0.3, -0.25) is 4.79 Å². The number of hydrogen-bond donors (Lipinski definition) is 1. The monoisotopic (exact) mass is 361 g/mol. The topological polar surface area (TPSA) is 58.4 Å². The van der Waals surface area contributed by atoms with Gasteiger partial charge in [0.05, 0.1) is 5.60 Å². The lowest BCUT2D eigenvalue weighted by Gasteiger charge is -2.45. The Balaban J connectivity index is 1.67. The summed E-state index contributed by atoms with van der Waals surface area (Å²) in [4.78, 5) is 14.5. The number of aromatic nitrogens is 2. The van der Waals surface area contributed by atoms with Gasteiger partial charge in [0, 0.05) is 30.3 Å². The largest absolute Gasteiger partial charge is 0.390 e. The second-order valence-electron chi connectivity index (χ2n) is 7.67. The van der Waals surface area contributed by atoms with E-state index in [4.69, 9.17) is 0 Å². The fourth-order valence-electron chi connectivity index (χ4n) is 3.71. The molecule has 1 saturated heterocycles. The number of nitrogens with zero attached hydrogens (tertiary/aromatic N) is 3. The minimum atomic E-state index is -0.963. The molecule has 5 nitrogen and oxygen atoms in total. The maximum atomic E-state index is 14.2. The van der Waals surface area contributed by atoms with Gasteiger partial charge in [0.15, 0.2) is 17.3 Å². The smallest absolute Gasteiger partial charge is 0.274 e. The Morgan fingerprint density at radius 1 is 1.27 bits per heavy atom. The maximum Gasteiger partial charge on any atom is 0.274 e. The summed E-state index contributed by atoms with van der Waals surface area (Å²) >= 11 is 0. The number of rotatable bonds is 3. The van der Waals surface area contributed by atoms with Crippen LogP contribution in [0.2, 0.25) is 0 Å². The second-order valence-corrected chi connectivity index (χ2v) is 7.67. The molecule has 1 aliphatic carbocycles. The van der Waals surface area contributed by atoms with Gasteiger partial charge in [-0.15, -0.1) is 0 Å². The summed E-state index contributed by atoms with van der Waals surface area (Å²) < 4.78 is 29.2. The summed E-state index contributed by atoms with van der Waals surface area (Å²) in [5.41, 5.74) is 1.11. The molecule has 26 heavy (non-hydrogen) atoms. The quantitative estimate of drug-likeness (QED) is 0.914. The van der Waals surface area contributed by atoms with Gasteiger partial charge in [0.1, 0.15) is 5.69 Å². The lowest BCUT2D eigenvalue weighted by molar-refractivity contribution is -0.0509. The number of fused-ring (bicyclic) bond motifs is 1. The minimum Gasteiger partial charge on any atom is -0.390 e. The number of benzene rings is 1. The zero-order valence-corrected chi connectivity index (χ0v) is 14.8. The first-order valence-electron chi connectivity index (χ1n) is 8.84. The SMILES string of the molecule is CC(C)(O)C1CN(C(=O)c2nn(-c3cccc(F)c3F)c3c2CCC3)C1. The molecule has 0 unspecified atom stereocenters. The highest BCUT2D eigenvalue weighted by Gasteiger charge is 2.41. The third kappa shape index (κ3) is 2.61. The molecule has 2 aliphatic rings. The Hall–Kier alpha value is -2.28. The first-order valence-corrected chi connectivity index (χ1v) is 8.84. The van der Waals surface area contributed by atoms with Crippen LogP contribution in [-0.4, -0.2) is 44.4 Å². The molecule has 1 amide bonds. The standard InChI is InChI=1S/C19H21F2N3O2/c1-19(2,26)11-9-23(10-11)18(25)17-12-5-3-7-14(12)24(22-17)15-8-4-6-13(20)16(15)21/h4,6,8,11,26H,3,5,7,9-10H2,1-2H3. The van der Waals surface area contributed by atoms with Gasteiger partial charge >= 0.3 is 0 Å². The van der Waals surface area contributed by atoms with E-state index in [0.717, 1.165) is 23.7 Å². The van der Waals surface area contributed by atoms with Crippen molar-refractivity contribution in [2.75, 3.05) is 13.1 Å². The fraction of sp³-hybridized carbons (Fsp3) is 0.474. The van der Waals surface area contributed by atoms with Crippen molar-refractivity contribution >= 4 is 5.91 Å². The molecule has 1 aromatic carbocycles. The molecule has 4 rings (SSSR count). The van der Waals surface area contributed by atoms with Crippen molar-refractivity contribution in [1.29, 1.82) is 0 Å². The van der Waals surface area contributed by atoms with E-state index in [1.807, 2.05) is 0 Å². The molecule has 0 radical (unpaired) electrons. The van der Waals surface area contributed by atoms with Crippen LogP contribution >= 0.6 is 0 Å². The first kappa shape index (κ1) is 17.1. The van der Waals surface area contributed by atoms with Gasteiger partial charge in [-0.1, -0.05) is 6.07 Å². The van der Waals surface area contributed by atoms with Gasteiger partial charge in [-0.25, -0.2) is 13.5 Å². The number of halogens is 2. The lowest BCUT2D eigenvalue weighted by atomic mass is 9.84. The predicted octanol–water partition coefficient (Wildman–Crippen LogP) is 2.48. The summed E-state index contributed by atoms with van der Waals surface area (Å²) in [6.07, 6.45) is 2.24. The van der Waals surface area contributed by atoms with Crippen molar-refractivity contribution < 1.29 is 18.7 Å². The van der Waals surface area contributed by atoms with Crippen molar-refractivity contribution in [3.63, 3.8) is 0 Å². The number of carbonyl (C=O) groups excluding carboxylic acids is 1. The van der Waals surface area contributed by atoms with Gasteiger partial charge in [-0.2, -0.15) is 5.10 Å². The maximum absolute atomic E-state index is 14.2. The van der Waals surface area contributed by atoms with E-state index in [-0.39, 0.29) is 17.5 Å². The Morgan fingerprint density at radius 2 is 2.00 bits per heavy atom. The molecule has 0 bridgehead atoms. The molecule has 7 heteroatoms. The molecule has 138 valence electrons. The molecule has 1 N–H and O–H groups in total. The fourth-order valence-corrected chi connectivity index (χ4v) is 3.71. The van der Waals surface area contributed by atoms with Crippen LogP contribution in [0.3, 0.4) is 0 Å². The highest BCUT2D eigenvalue weighted by molar-refractivity contribution is 5.95. The number of carbonyl (C=O) groups is 1. The Morgan fingerprint density at radius 3 is 2.69 bits per heavy atom. The molecule has 0 spiro atoms. The van der Waals surface area contributed by atoms with Crippen molar-refractivity contribution in [1.82, 2.24) is 14.7 Å². The Bertz CT molecular complexity index is 880. The summed E-state index contributed by atoms with van der Waals surface area (Å²) in [7, 11) is 0. The van der Waals surface area contributed by atoms with Gasteiger partial charge in [0.2, 0.25) is 0 Å². The highest BCUT2D eigenvalue weighted by atomic mass is 19.2. The summed E-state index contributed by atoms with van der Waals surface area (Å²) in [6.45, 7) is 4.41. The van der Waals surface area contributed by atoms with Crippen LogP contribution in [0, 0.1) is 17.6 Å². The molecule has 2 aromatic rings. The van der Waals surface area contributed by atoms with Crippen molar-refractivity contribution in [2.24, 2.45) is 5.92 Å². The highest BCUT2D eigenvalue weighted by Crippen LogP contribution is 2.33. The minimum absolute atomic E-state index is 0.0279. The molecule has 1 aliphatic heterocycles. The Labute approximate surface area is 150 Å². The van der Waals surface area contributed by atoms with E-state index in [1.54, 1.807) is 18.7 Å². The number of aliphatic hydroxyl groups is 1. The van der Waals surface area contributed by atoms with Crippen LogP contribution < -0.4 is 0 Å². The van der Waals surface area contributed by atoms with E-state index < -0.39 is 17.2 Å². The molecule has 0 saturated carbocycles. The van der Waals surface area contributed by atoms with Crippen LogP contribution in [0.25, 0.3) is 5.69 Å². The van der Waals surface area contributed by atoms with Crippen molar-refractivity contribution in [3.05, 3.63) is 46.8 Å². The average Bonchev–Trinajstić information content (AvgIpc) is 3.09. The van der Waals surface area contributed by atoms with Crippen LogP contribution in [-0.2, 0) is 12.8 Å². The van der Waals surface area contributed by atoms with E-state index in [2.05, 4.69) is 5.10 Å². The number of likely N-dealkylation sites (tertiary alicyclic amines) is 1. The zero-order chi connectivity index (χ0) is 18.6. The summed E-state index contributed by atoms with van der Waals surface area (Å²) in [5.74, 6) is -2.08. The van der Waals surface area contributed by atoms with E-state index in [1.165, 1.54) is 16.8 Å². The molecular weight excluding hydrogens is 340 g/mol. The number of amides is 1. The molecule has 1 fully saturated rings. The summed E-state index contributed by atoms with van der Waals surface area (Å²) in [6, 6.07) is 3.96.